The molecule has 2 fully saturated rings. The number of thiocarbonyl (C=S) groups is 1. The molecule has 0 bridgehead atoms. The molecule has 2 aliphatic rings. The van der Waals surface area contributed by atoms with Gasteiger partial charge in [0, 0.05) is 42.3 Å². The van der Waals surface area contributed by atoms with Gasteiger partial charge in [0.25, 0.3) is 0 Å². The van der Waals surface area contributed by atoms with Crippen LogP contribution in [0.1, 0.15) is 65.6 Å². The van der Waals surface area contributed by atoms with Gasteiger partial charge in [-0.05, 0) is 81.7 Å². The van der Waals surface area contributed by atoms with Crippen LogP contribution in [0.2, 0.25) is 0 Å². The van der Waals surface area contributed by atoms with Crippen molar-refractivity contribution < 1.29 is 4.79 Å². The lowest BCUT2D eigenvalue weighted by atomic mass is 9.96. The van der Waals surface area contributed by atoms with Crippen LogP contribution in [0, 0.1) is 20.8 Å². The van der Waals surface area contributed by atoms with E-state index in [1.54, 1.807) is 0 Å². The lowest BCUT2D eigenvalue weighted by molar-refractivity contribution is -0.116. The van der Waals surface area contributed by atoms with Crippen molar-refractivity contribution in [2.75, 3.05) is 11.9 Å². The molecule has 0 spiro atoms. The summed E-state index contributed by atoms with van der Waals surface area (Å²) in [4.78, 5) is 19.6. The fourth-order valence-electron chi connectivity index (χ4n) is 5.06. The quantitative estimate of drug-likeness (QED) is 0.465. The van der Waals surface area contributed by atoms with Gasteiger partial charge in [-0.2, -0.15) is 0 Å². The molecule has 2 N–H and O–H groups in total. The summed E-state index contributed by atoms with van der Waals surface area (Å²) in [6.07, 6.45) is 4.65. The Morgan fingerprint density at radius 2 is 1.91 bits per heavy atom. The lowest BCUT2D eigenvalue weighted by Crippen LogP contribution is -2.32. The number of rotatable bonds is 7. The van der Waals surface area contributed by atoms with E-state index in [2.05, 4.69) is 45.0 Å². The topological polar surface area (TPSA) is 62.2 Å². The van der Waals surface area contributed by atoms with E-state index < -0.39 is 0 Å². The summed E-state index contributed by atoms with van der Waals surface area (Å²) in [7, 11) is 0. The van der Waals surface area contributed by atoms with Gasteiger partial charge in [0.15, 0.2) is 5.11 Å². The minimum Gasteiger partial charge on any atom is -0.352 e. The highest BCUT2D eigenvalue weighted by molar-refractivity contribution is 7.80. The molecule has 3 aromatic rings. The SMILES string of the molecule is Cc1ccc(NC(=O)CCN2C(=S)NC(c3ccccn3)C2c2cc(C)n(C3CC3)c2C)cc1. The van der Waals surface area contributed by atoms with Gasteiger partial charge in [0.1, 0.15) is 0 Å². The molecule has 7 heteroatoms. The number of carbonyl (C=O) groups is 1. The van der Waals surface area contributed by atoms with Gasteiger partial charge in [-0.15, -0.1) is 0 Å². The Balaban J connectivity index is 1.40. The highest BCUT2D eigenvalue weighted by Crippen LogP contribution is 2.44. The van der Waals surface area contributed by atoms with Crippen molar-refractivity contribution in [2.24, 2.45) is 0 Å². The third-order valence-corrected chi connectivity index (χ3v) is 7.22. The van der Waals surface area contributed by atoms with Crippen molar-refractivity contribution in [3.63, 3.8) is 0 Å². The number of nitrogens with zero attached hydrogens (tertiary/aromatic N) is 3. The van der Waals surface area contributed by atoms with E-state index in [1.807, 2.05) is 55.6 Å². The minimum atomic E-state index is -0.0676. The second-order valence-corrected chi connectivity index (χ2v) is 9.80. The zero-order chi connectivity index (χ0) is 23.8. The molecule has 1 aromatic carbocycles. The number of pyridine rings is 1. The number of aromatic nitrogens is 2. The molecule has 2 aromatic heterocycles. The Bertz CT molecular complexity index is 1200. The molecule has 1 amide bonds. The number of benzene rings is 1. The summed E-state index contributed by atoms with van der Waals surface area (Å²) < 4.78 is 2.47. The molecule has 2 unspecified atom stereocenters. The first-order valence-electron chi connectivity index (χ1n) is 12.0. The third-order valence-electron chi connectivity index (χ3n) is 6.87. The Hall–Kier alpha value is -3.19. The average molecular weight is 474 g/mol. The van der Waals surface area contributed by atoms with Crippen molar-refractivity contribution in [3.8, 4) is 0 Å². The van der Waals surface area contributed by atoms with Gasteiger partial charge in [-0.25, -0.2) is 0 Å². The summed E-state index contributed by atoms with van der Waals surface area (Å²) >= 11 is 5.79. The molecule has 3 heterocycles. The Labute approximate surface area is 206 Å². The first-order valence-corrected chi connectivity index (χ1v) is 12.4. The maximum Gasteiger partial charge on any atom is 0.226 e. The molecule has 176 valence electrons. The maximum atomic E-state index is 12.8. The fraction of sp³-hybridized carbons (Fsp3) is 0.370. The molecule has 34 heavy (non-hydrogen) atoms. The van der Waals surface area contributed by atoms with Crippen molar-refractivity contribution >= 4 is 28.9 Å². The van der Waals surface area contributed by atoms with Crippen LogP contribution in [0.5, 0.6) is 0 Å². The van der Waals surface area contributed by atoms with Crippen LogP contribution < -0.4 is 10.6 Å². The smallest absolute Gasteiger partial charge is 0.226 e. The van der Waals surface area contributed by atoms with E-state index in [4.69, 9.17) is 12.2 Å². The highest BCUT2D eigenvalue weighted by Gasteiger charge is 2.42. The summed E-state index contributed by atoms with van der Waals surface area (Å²) in [6.45, 7) is 6.96. The summed E-state index contributed by atoms with van der Waals surface area (Å²) in [5, 5.41) is 7.18. The van der Waals surface area contributed by atoms with E-state index in [-0.39, 0.29) is 18.0 Å². The van der Waals surface area contributed by atoms with Gasteiger partial charge in [0.2, 0.25) is 5.91 Å². The van der Waals surface area contributed by atoms with Gasteiger partial charge in [-0.1, -0.05) is 23.8 Å². The van der Waals surface area contributed by atoms with Crippen LogP contribution in [0.25, 0.3) is 0 Å². The molecular formula is C27H31N5OS. The Kier molecular flexibility index (Phi) is 6.13. The standard InChI is InChI=1S/C27H31N5OS/c1-17-7-9-20(10-8-17)29-24(33)13-15-31-26(22-16-18(2)32(19(22)3)21-11-12-21)25(30-27(31)34)23-6-4-5-14-28-23/h4-10,14,16,21,25-26H,11-13,15H2,1-3H3,(H,29,33)(H,30,34). The van der Waals surface area contributed by atoms with Crippen molar-refractivity contribution in [1.82, 2.24) is 19.8 Å². The largest absolute Gasteiger partial charge is 0.352 e. The average Bonchev–Trinajstić information content (AvgIpc) is 3.54. The molecule has 1 aliphatic carbocycles. The predicted molar refractivity (Wildman–Crippen MR) is 139 cm³/mol. The van der Waals surface area contributed by atoms with Gasteiger partial charge >= 0.3 is 0 Å². The fourth-order valence-corrected chi connectivity index (χ4v) is 5.40. The van der Waals surface area contributed by atoms with Crippen LogP contribution in [0.3, 0.4) is 0 Å². The number of nitrogens with one attached hydrogen (secondary N) is 2. The van der Waals surface area contributed by atoms with Crippen molar-refractivity contribution in [1.29, 1.82) is 0 Å². The first-order chi connectivity index (χ1) is 16.4. The number of hydrogen-bond donors (Lipinski definition) is 2. The predicted octanol–water partition coefficient (Wildman–Crippen LogP) is 5.14. The minimum absolute atomic E-state index is 0.0184. The number of amides is 1. The molecule has 5 rings (SSSR count). The molecular weight excluding hydrogens is 442 g/mol. The first kappa shape index (κ1) is 22.6. The third kappa shape index (κ3) is 4.44. The van der Waals surface area contributed by atoms with Crippen LogP contribution in [-0.2, 0) is 4.79 Å². The molecule has 1 aliphatic heterocycles. The van der Waals surface area contributed by atoms with E-state index in [0.717, 1.165) is 11.4 Å². The van der Waals surface area contributed by atoms with Crippen molar-refractivity contribution in [2.45, 2.75) is 58.2 Å². The number of aryl methyl sites for hydroxylation is 2. The zero-order valence-corrected chi connectivity index (χ0v) is 20.7. The normalized spacial score (nSPS) is 19.9. The van der Waals surface area contributed by atoms with Crippen LogP contribution >= 0.6 is 12.2 Å². The molecule has 2 atom stereocenters. The van der Waals surface area contributed by atoms with Gasteiger partial charge in [0.05, 0.1) is 17.8 Å². The van der Waals surface area contributed by atoms with Crippen LogP contribution in [0.4, 0.5) is 5.69 Å². The van der Waals surface area contributed by atoms with Crippen LogP contribution in [-0.4, -0.2) is 32.0 Å². The second kappa shape index (κ2) is 9.22. The Morgan fingerprint density at radius 3 is 2.59 bits per heavy atom. The van der Waals surface area contributed by atoms with E-state index in [9.17, 15) is 4.79 Å². The molecule has 6 nitrogen and oxygen atoms in total. The van der Waals surface area contributed by atoms with Gasteiger partial charge in [-0.3, -0.25) is 9.78 Å². The molecule has 0 radical (unpaired) electrons. The second-order valence-electron chi connectivity index (χ2n) is 9.41. The monoisotopic (exact) mass is 473 g/mol. The zero-order valence-electron chi connectivity index (χ0n) is 19.9. The van der Waals surface area contributed by atoms with Crippen LogP contribution in [0.15, 0.2) is 54.7 Å². The van der Waals surface area contributed by atoms with E-state index in [0.29, 0.717) is 24.1 Å². The van der Waals surface area contributed by atoms with Gasteiger partial charge < -0.3 is 20.1 Å². The number of hydrogen-bond acceptors (Lipinski definition) is 3. The van der Waals surface area contributed by atoms with Crippen molar-refractivity contribution in [3.05, 3.63) is 82.9 Å². The Morgan fingerprint density at radius 1 is 1.15 bits per heavy atom. The summed E-state index contributed by atoms with van der Waals surface area (Å²) in [6, 6.07) is 16.7. The number of anilines is 1. The summed E-state index contributed by atoms with van der Waals surface area (Å²) in [5.74, 6) is -0.0184. The molecule has 1 saturated carbocycles. The lowest BCUT2D eigenvalue weighted by Gasteiger charge is -2.28. The highest BCUT2D eigenvalue weighted by atomic mass is 32.1. The molecule has 1 saturated heterocycles. The maximum absolute atomic E-state index is 12.8. The summed E-state index contributed by atoms with van der Waals surface area (Å²) in [5.41, 5.74) is 6.76. The van der Waals surface area contributed by atoms with E-state index in [1.165, 1.54) is 35.4 Å². The van der Waals surface area contributed by atoms with E-state index >= 15 is 0 Å². The number of carbonyl (C=O) groups excluding carboxylic acids is 1.